The van der Waals surface area contributed by atoms with Crippen LogP contribution < -0.4 is 16.0 Å². The number of carbonyl (C=O) groups is 3. The number of benzene rings is 5. The first-order valence-corrected chi connectivity index (χ1v) is 18.2. The summed E-state index contributed by atoms with van der Waals surface area (Å²) in [5.41, 5.74) is 5.45. The maximum atomic E-state index is 13.7. The molecule has 1 heterocycles. The van der Waals surface area contributed by atoms with Crippen LogP contribution in [-0.4, -0.2) is 22.7 Å². The quantitative estimate of drug-likeness (QED) is 0.0903. The van der Waals surface area contributed by atoms with E-state index in [0.717, 1.165) is 37.3 Å². The van der Waals surface area contributed by atoms with Crippen LogP contribution in [0.4, 0.5) is 10.8 Å². The standard InChI is InChI=1S/C40H31BrN4O3S2/c1-26-10-8-9-15-30(26)24-34(43-37(46)29-13-6-3-7-14-29)38(47)42-32-20-22-33(23-21-32)50-36(28-11-4-2-5-12-28)39(48)45-40-44-35(25-49-40)27-16-18-31(41)19-17-27/h2-25,36H,1H3,(H,42,47)(H,43,46)(H,44,45,48)/b34-24-. The van der Waals surface area contributed by atoms with E-state index >= 15 is 0 Å². The topological polar surface area (TPSA) is 100 Å². The van der Waals surface area contributed by atoms with E-state index in [1.807, 2.05) is 109 Å². The number of aryl methyl sites for hydroxylation is 1. The van der Waals surface area contributed by atoms with Crippen LogP contribution in [0.1, 0.15) is 32.3 Å². The third-order valence-corrected chi connectivity index (χ3v) is 10.2. The predicted octanol–water partition coefficient (Wildman–Crippen LogP) is 9.76. The number of amides is 3. The normalized spacial score (nSPS) is 11.8. The molecular weight excluding hydrogens is 729 g/mol. The van der Waals surface area contributed by atoms with Gasteiger partial charge in [0.15, 0.2) is 5.13 Å². The number of nitrogens with zero attached hydrogens (tertiary/aromatic N) is 1. The van der Waals surface area contributed by atoms with Crippen molar-refractivity contribution in [2.45, 2.75) is 17.1 Å². The van der Waals surface area contributed by atoms with Crippen LogP contribution in [0.2, 0.25) is 0 Å². The SMILES string of the molecule is Cc1ccccc1/C=C(\NC(=O)c1ccccc1)C(=O)Nc1ccc(SC(C(=O)Nc2nc(-c3ccc(Br)cc3)cs2)c2ccccc2)cc1. The summed E-state index contributed by atoms with van der Waals surface area (Å²) in [4.78, 5) is 45.7. The number of halogens is 1. The van der Waals surface area contributed by atoms with Crippen LogP contribution in [0, 0.1) is 6.92 Å². The zero-order valence-electron chi connectivity index (χ0n) is 26.8. The van der Waals surface area contributed by atoms with E-state index in [2.05, 4.69) is 36.9 Å². The molecule has 0 aliphatic carbocycles. The van der Waals surface area contributed by atoms with Gasteiger partial charge in [-0.25, -0.2) is 4.98 Å². The molecule has 0 fully saturated rings. The van der Waals surface area contributed by atoms with Crippen LogP contribution in [0.15, 0.2) is 154 Å². The summed E-state index contributed by atoms with van der Waals surface area (Å²) in [7, 11) is 0. The van der Waals surface area contributed by atoms with Crippen molar-refractivity contribution < 1.29 is 14.4 Å². The molecule has 0 bridgehead atoms. The first-order chi connectivity index (χ1) is 24.3. The summed E-state index contributed by atoms with van der Waals surface area (Å²) in [5, 5.41) is 10.6. The molecule has 5 aromatic carbocycles. The first kappa shape index (κ1) is 34.6. The summed E-state index contributed by atoms with van der Waals surface area (Å²) in [6.45, 7) is 1.94. The largest absolute Gasteiger partial charge is 0.321 e. The number of thiazole rings is 1. The third-order valence-electron chi connectivity index (χ3n) is 7.60. The van der Waals surface area contributed by atoms with Gasteiger partial charge in [-0.1, -0.05) is 101 Å². The van der Waals surface area contributed by atoms with E-state index in [9.17, 15) is 14.4 Å². The molecule has 0 aliphatic heterocycles. The molecule has 7 nitrogen and oxygen atoms in total. The molecule has 10 heteroatoms. The van der Waals surface area contributed by atoms with Crippen molar-refractivity contribution in [3.05, 3.63) is 171 Å². The Balaban J connectivity index is 1.17. The van der Waals surface area contributed by atoms with E-state index < -0.39 is 11.2 Å². The summed E-state index contributed by atoms with van der Waals surface area (Å²) < 4.78 is 0.982. The Bertz CT molecular complexity index is 2140. The lowest BCUT2D eigenvalue weighted by Gasteiger charge is -2.17. The monoisotopic (exact) mass is 758 g/mol. The van der Waals surface area contributed by atoms with Crippen LogP contribution >= 0.6 is 39.0 Å². The molecule has 0 saturated heterocycles. The predicted molar refractivity (Wildman–Crippen MR) is 207 cm³/mol. The summed E-state index contributed by atoms with van der Waals surface area (Å²) in [5.74, 6) is -1.05. The average Bonchev–Trinajstić information content (AvgIpc) is 3.61. The number of anilines is 2. The molecule has 0 radical (unpaired) electrons. The molecule has 0 saturated carbocycles. The molecule has 0 aliphatic rings. The summed E-state index contributed by atoms with van der Waals surface area (Å²) in [6, 6.07) is 41.1. The number of hydrogen-bond donors (Lipinski definition) is 3. The highest BCUT2D eigenvalue weighted by Gasteiger charge is 2.24. The molecule has 6 rings (SSSR count). The lowest BCUT2D eigenvalue weighted by molar-refractivity contribution is -0.116. The van der Waals surface area contributed by atoms with Crippen LogP contribution in [0.3, 0.4) is 0 Å². The Morgan fingerprint density at radius 3 is 2.14 bits per heavy atom. The maximum absolute atomic E-state index is 13.7. The van der Waals surface area contributed by atoms with Gasteiger partial charge in [-0.2, -0.15) is 0 Å². The highest BCUT2D eigenvalue weighted by Crippen LogP contribution is 2.37. The Kier molecular flexibility index (Phi) is 11.3. The minimum atomic E-state index is -0.562. The highest BCUT2D eigenvalue weighted by atomic mass is 79.9. The van der Waals surface area contributed by atoms with E-state index in [1.54, 1.807) is 42.5 Å². The Hall–Kier alpha value is -5.29. The average molecular weight is 760 g/mol. The maximum Gasteiger partial charge on any atom is 0.272 e. The van der Waals surface area contributed by atoms with Gasteiger partial charge in [0, 0.05) is 31.6 Å². The third kappa shape index (κ3) is 9.03. The zero-order chi connectivity index (χ0) is 34.9. The fourth-order valence-corrected chi connectivity index (χ4v) is 6.97. The van der Waals surface area contributed by atoms with Crippen LogP contribution in [0.25, 0.3) is 17.3 Å². The second-order valence-corrected chi connectivity index (χ2v) is 14.1. The molecule has 1 unspecified atom stereocenters. The molecule has 1 atom stereocenters. The molecular formula is C40H31BrN4O3S2. The highest BCUT2D eigenvalue weighted by molar-refractivity contribution is 9.10. The van der Waals surface area contributed by atoms with E-state index in [1.165, 1.54) is 23.1 Å². The van der Waals surface area contributed by atoms with Gasteiger partial charge in [0.25, 0.3) is 11.8 Å². The van der Waals surface area contributed by atoms with Gasteiger partial charge in [0.05, 0.1) is 5.69 Å². The van der Waals surface area contributed by atoms with Crippen molar-refractivity contribution in [1.29, 1.82) is 0 Å². The summed E-state index contributed by atoms with van der Waals surface area (Å²) >= 11 is 6.23. The number of thioether (sulfide) groups is 1. The number of carbonyl (C=O) groups excluding carboxylic acids is 3. The van der Waals surface area contributed by atoms with E-state index in [-0.39, 0.29) is 17.5 Å². The second-order valence-electron chi connectivity index (χ2n) is 11.2. The van der Waals surface area contributed by atoms with Gasteiger partial charge in [-0.15, -0.1) is 23.1 Å². The second kappa shape index (κ2) is 16.4. The smallest absolute Gasteiger partial charge is 0.272 e. The lowest BCUT2D eigenvalue weighted by atomic mass is 10.1. The number of nitrogens with one attached hydrogen (secondary N) is 3. The fourth-order valence-electron chi connectivity index (χ4n) is 4.95. The van der Waals surface area contributed by atoms with Crippen LogP contribution in [-0.2, 0) is 9.59 Å². The molecule has 0 spiro atoms. The molecule has 248 valence electrons. The molecule has 50 heavy (non-hydrogen) atoms. The molecule has 3 amide bonds. The van der Waals surface area contributed by atoms with Crippen molar-refractivity contribution in [2.24, 2.45) is 0 Å². The van der Waals surface area contributed by atoms with Crippen molar-refractivity contribution in [3.8, 4) is 11.3 Å². The fraction of sp³-hybridized carbons (Fsp3) is 0.0500. The van der Waals surface area contributed by atoms with E-state index in [4.69, 9.17) is 0 Å². The molecule has 3 N–H and O–H groups in total. The van der Waals surface area contributed by atoms with Crippen LogP contribution in [0.5, 0.6) is 0 Å². The summed E-state index contributed by atoms with van der Waals surface area (Å²) in [6.07, 6.45) is 1.67. The lowest BCUT2D eigenvalue weighted by Crippen LogP contribution is -2.30. The Morgan fingerprint density at radius 2 is 1.44 bits per heavy atom. The molecule has 1 aromatic heterocycles. The number of aromatic nitrogens is 1. The first-order valence-electron chi connectivity index (χ1n) is 15.6. The van der Waals surface area contributed by atoms with Crippen molar-refractivity contribution in [1.82, 2.24) is 10.3 Å². The number of rotatable bonds is 11. The van der Waals surface area contributed by atoms with Gasteiger partial charge < -0.3 is 16.0 Å². The van der Waals surface area contributed by atoms with Crippen molar-refractivity contribution in [2.75, 3.05) is 10.6 Å². The minimum Gasteiger partial charge on any atom is -0.321 e. The van der Waals surface area contributed by atoms with Gasteiger partial charge in [-0.3, -0.25) is 14.4 Å². The van der Waals surface area contributed by atoms with Gasteiger partial charge in [-0.05, 0) is 78.2 Å². The van der Waals surface area contributed by atoms with E-state index in [0.29, 0.717) is 16.4 Å². The van der Waals surface area contributed by atoms with Crippen molar-refractivity contribution in [3.63, 3.8) is 0 Å². The number of hydrogen-bond acceptors (Lipinski definition) is 6. The zero-order valence-corrected chi connectivity index (χ0v) is 30.0. The van der Waals surface area contributed by atoms with Crippen molar-refractivity contribution >= 4 is 73.6 Å². The Morgan fingerprint density at radius 1 is 0.780 bits per heavy atom. The van der Waals surface area contributed by atoms with Gasteiger partial charge >= 0.3 is 0 Å². The van der Waals surface area contributed by atoms with Gasteiger partial charge in [0.2, 0.25) is 5.91 Å². The minimum absolute atomic E-state index is 0.109. The Labute approximate surface area is 307 Å². The molecule has 6 aromatic rings. The van der Waals surface area contributed by atoms with Gasteiger partial charge in [0.1, 0.15) is 10.9 Å².